The SMILES string of the molecule is Cc1cnccc1Oc1cccc(N)c1C. The number of aromatic nitrogens is 1. The molecule has 3 nitrogen and oxygen atoms in total. The van der Waals surface area contributed by atoms with Gasteiger partial charge in [0.15, 0.2) is 0 Å². The van der Waals surface area contributed by atoms with E-state index in [0.29, 0.717) is 0 Å². The van der Waals surface area contributed by atoms with Gasteiger partial charge in [0.1, 0.15) is 11.5 Å². The fraction of sp³-hybridized carbons (Fsp3) is 0.154. The number of pyridine rings is 1. The summed E-state index contributed by atoms with van der Waals surface area (Å²) in [5.41, 5.74) is 8.52. The van der Waals surface area contributed by atoms with Gasteiger partial charge < -0.3 is 10.5 Å². The number of hydrogen-bond acceptors (Lipinski definition) is 3. The summed E-state index contributed by atoms with van der Waals surface area (Å²) in [6, 6.07) is 7.50. The van der Waals surface area contributed by atoms with Crippen molar-refractivity contribution in [2.45, 2.75) is 13.8 Å². The van der Waals surface area contributed by atoms with E-state index in [2.05, 4.69) is 4.98 Å². The zero-order valence-electron chi connectivity index (χ0n) is 9.40. The van der Waals surface area contributed by atoms with Crippen LogP contribution in [0.3, 0.4) is 0 Å². The highest BCUT2D eigenvalue weighted by molar-refractivity contribution is 5.54. The van der Waals surface area contributed by atoms with Crippen LogP contribution in [0.5, 0.6) is 11.5 Å². The van der Waals surface area contributed by atoms with Gasteiger partial charge in [0, 0.05) is 29.2 Å². The van der Waals surface area contributed by atoms with Crippen LogP contribution in [0.25, 0.3) is 0 Å². The molecule has 0 saturated heterocycles. The molecule has 82 valence electrons. The van der Waals surface area contributed by atoms with Crippen molar-refractivity contribution in [2.75, 3.05) is 5.73 Å². The molecule has 0 radical (unpaired) electrons. The zero-order chi connectivity index (χ0) is 11.5. The topological polar surface area (TPSA) is 48.1 Å². The molecule has 0 fully saturated rings. The minimum absolute atomic E-state index is 0.740. The average Bonchev–Trinajstić information content (AvgIpc) is 2.28. The monoisotopic (exact) mass is 214 g/mol. The average molecular weight is 214 g/mol. The Balaban J connectivity index is 2.35. The molecular formula is C13H14N2O. The van der Waals surface area contributed by atoms with Gasteiger partial charge in [0.25, 0.3) is 0 Å². The van der Waals surface area contributed by atoms with Crippen LogP contribution in [0.15, 0.2) is 36.7 Å². The summed E-state index contributed by atoms with van der Waals surface area (Å²) in [4.78, 5) is 4.02. The maximum atomic E-state index is 5.82. The minimum atomic E-state index is 0.740. The Bertz CT molecular complexity index is 509. The van der Waals surface area contributed by atoms with Crippen LogP contribution in [0, 0.1) is 13.8 Å². The molecule has 2 N–H and O–H groups in total. The summed E-state index contributed by atoms with van der Waals surface area (Å²) in [7, 11) is 0. The molecule has 0 aliphatic rings. The quantitative estimate of drug-likeness (QED) is 0.781. The molecule has 0 unspecified atom stereocenters. The molecule has 3 heteroatoms. The van der Waals surface area contributed by atoms with Crippen molar-refractivity contribution in [1.29, 1.82) is 0 Å². The summed E-state index contributed by atoms with van der Waals surface area (Å²) in [6.07, 6.45) is 3.49. The molecule has 0 saturated carbocycles. The van der Waals surface area contributed by atoms with Gasteiger partial charge in [-0.1, -0.05) is 6.07 Å². The summed E-state index contributed by atoms with van der Waals surface area (Å²) < 4.78 is 5.80. The molecule has 1 aromatic carbocycles. The van der Waals surface area contributed by atoms with E-state index in [1.807, 2.05) is 38.1 Å². The lowest BCUT2D eigenvalue weighted by Crippen LogP contribution is -1.94. The van der Waals surface area contributed by atoms with Crippen molar-refractivity contribution in [1.82, 2.24) is 4.98 Å². The first kappa shape index (κ1) is 10.5. The van der Waals surface area contributed by atoms with Crippen LogP contribution in [0.2, 0.25) is 0 Å². The number of rotatable bonds is 2. The highest BCUT2D eigenvalue weighted by atomic mass is 16.5. The van der Waals surface area contributed by atoms with Gasteiger partial charge in [0.2, 0.25) is 0 Å². The summed E-state index contributed by atoms with van der Waals surface area (Å²) in [5, 5.41) is 0. The molecule has 0 aliphatic heterocycles. The van der Waals surface area contributed by atoms with E-state index in [1.54, 1.807) is 12.4 Å². The van der Waals surface area contributed by atoms with Crippen molar-refractivity contribution in [2.24, 2.45) is 0 Å². The highest BCUT2D eigenvalue weighted by Gasteiger charge is 2.05. The van der Waals surface area contributed by atoms with Crippen molar-refractivity contribution >= 4 is 5.69 Å². The number of nitrogens with zero attached hydrogens (tertiary/aromatic N) is 1. The maximum absolute atomic E-state index is 5.82. The normalized spacial score (nSPS) is 10.1. The number of aryl methyl sites for hydroxylation is 1. The molecule has 0 amide bonds. The van der Waals surface area contributed by atoms with Gasteiger partial charge in [-0.25, -0.2) is 0 Å². The lowest BCUT2D eigenvalue weighted by Gasteiger charge is -2.11. The number of hydrogen-bond donors (Lipinski definition) is 1. The Morgan fingerprint density at radius 3 is 2.69 bits per heavy atom. The van der Waals surface area contributed by atoms with Crippen LogP contribution < -0.4 is 10.5 Å². The summed E-state index contributed by atoms with van der Waals surface area (Å²) in [5.74, 6) is 1.60. The number of nitrogen functional groups attached to an aromatic ring is 1. The predicted molar refractivity (Wildman–Crippen MR) is 64.6 cm³/mol. The molecule has 0 bridgehead atoms. The van der Waals surface area contributed by atoms with Crippen molar-refractivity contribution in [3.63, 3.8) is 0 Å². The molecule has 16 heavy (non-hydrogen) atoms. The molecular weight excluding hydrogens is 200 g/mol. The van der Waals surface area contributed by atoms with Crippen LogP contribution in [0.1, 0.15) is 11.1 Å². The van der Waals surface area contributed by atoms with Crippen LogP contribution in [0.4, 0.5) is 5.69 Å². The molecule has 2 aromatic rings. The van der Waals surface area contributed by atoms with Crippen molar-refractivity contribution in [3.8, 4) is 11.5 Å². The fourth-order valence-corrected chi connectivity index (χ4v) is 1.44. The van der Waals surface area contributed by atoms with E-state index in [1.165, 1.54) is 0 Å². The van der Waals surface area contributed by atoms with E-state index in [-0.39, 0.29) is 0 Å². The minimum Gasteiger partial charge on any atom is -0.457 e. The first-order valence-corrected chi connectivity index (χ1v) is 5.12. The van der Waals surface area contributed by atoms with Gasteiger partial charge in [0.05, 0.1) is 0 Å². The smallest absolute Gasteiger partial charge is 0.133 e. The highest BCUT2D eigenvalue weighted by Crippen LogP contribution is 2.29. The largest absolute Gasteiger partial charge is 0.457 e. The second-order valence-electron chi connectivity index (χ2n) is 3.71. The Morgan fingerprint density at radius 2 is 1.94 bits per heavy atom. The molecule has 1 aromatic heterocycles. The molecule has 1 heterocycles. The lowest BCUT2D eigenvalue weighted by atomic mass is 10.2. The van der Waals surface area contributed by atoms with Gasteiger partial charge in [-0.2, -0.15) is 0 Å². The molecule has 0 atom stereocenters. The summed E-state index contributed by atoms with van der Waals surface area (Å²) in [6.45, 7) is 3.91. The standard InChI is InChI=1S/C13H14N2O/c1-9-8-15-7-6-12(9)16-13-5-3-4-11(14)10(13)2/h3-8H,14H2,1-2H3. The Kier molecular flexibility index (Phi) is 2.77. The third-order valence-corrected chi connectivity index (χ3v) is 2.51. The molecule has 2 rings (SSSR count). The predicted octanol–water partition coefficient (Wildman–Crippen LogP) is 3.07. The lowest BCUT2D eigenvalue weighted by molar-refractivity contribution is 0.475. The van der Waals surface area contributed by atoms with Gasteiger partial charge in [-0.05, 0) is 32.0 Å². The third-order valence-electron chi connectivity index (χ3n) is 2.51. The first-order chi connectivity index (χ1) is 7.68. The van der Waals surface area contributed by atoms with Crippen LogP contribution in [-0.2, 0) is 0 Å². The van der Waals surface area contributed by atoms with Gasteiger partial charge in [-0.3, -0.25) is 4.98 Å². The number of anilines is 1. The number of nitrogens with two attached hydrogens (primary N) is 1. The van der Waals surface area contributed by atoms with Crippen LogP contribution >= 0.6 is 0 Å². The Labute approximate surface area is 94.9 Å². The third kappa shape index (κ3) is 1.98. The first-order valence-electron chi connectivity index (χ1n) is 5.12. The Hall–Kier alpha value is -2.03. The number of ether oxygens (including phenoxy) is 1. The maximum Gasteiger partial charge on any atom is 0.133 e. The summed E-state index contributed by atoms with van der Waals surface area (Å²) >= 11 is 0. The van der Waals surface area contributed by atoms with Gasteiger partial charge >= 0.3 is 0 Å². The van der Waals surface area contributed by atoms with E-state index < -0.39 is 0 Å². The van der Waals surface area contributed by atoms with Crippen molar-refractivity contribution in [3.05, 3.63) is 47.8 Å². The van der Waals surface area contributed by atoms with E-state index in [4.69, 9.17) is 10.5 Å². The van der Waals surface area contributed by atoms with E-state index >= 15 is 0 Å². The van der Waals surface area contributed by atoms with Crippen LogP contribution in [-0.4, -0.2) is 4.98 Å². The fourth-order valence-electron chi connectivity index (χ4n) is 1.44. The van der Waals surface area contributed by atoms with E-state index in [0.717, 1.165) is 28.3 Å². The second kappa shape index (κ2) is 4.23. The van der Waals surface area contributed by atoms with Crippen molar-refractivity contribution < 1.29 is 4.74 Å². The second-order valence-corrected chi connectivity index (χ2v) is 3.71. The number of benzene rings is 1. The zero-order valence-corrected chi connectivity index (χ0v) is 9.40. The molecule has 0 spiro atoms. The van der Waals surface area contributed by atoms with Gasteiger partial charge in [-0.15, -0.1) is 0 Å². The van der Waals surface area contributed by atoms with E-state index in [9.17, 15) is 0 Å². The molecule has 0 aliphatic carbocycles. The Morgan fingerprint density at radius 1 is 1.12 bits per heavy atom.